The van der Waals surface area contributed by atoms with Gasteiger partial charge in [-0.1, -0.05) is 6.07 Å². The zero-order valence-corrected chi connectivity index (χ0v) is 7.17. The van der Waals surface area contributed by atoms with Gasteiger partial charge in [-0.05, 0) is 24.6 Å². The number of ketones is 1. The van der Waals surface area contributed by atoms with E-state index in [9.17, 15) is 14.3 Å². The van der Waals surface area contributed by atoms with Crippen LogP contribution >= 0.6 is 0 Å². The van der Waals surface area contributed by atoms with Crippen molar-refractivity contribution >= 4 is 5.78 Å². The van der Waals surface area contributed by atoms with Crippen molar-refractivity contribution in [3.63, 3.8) is 0 Å². The van der Waals surface area contributed by atoms with Gasteiger partial charge in [0.05, 0.1) is 5.60 Å². The Bertz CT molecular complexity index is 383. The number of Topliss-reactive ketones (excluding diaryl/α,β-unsaturated/α-hetero) is 1. The molecule has 0 aromatic heterocycles. The Morgan fingerprint density at radius 1 is 1.54 bits per heavy atom. The number of fused-ring (bicyclic) bond motifs is 1. The molecule has 0 saturated carbocycles. The van der Waals surface area contributed by atoms with Crippen molar-refractivity contribution in [1.82, 2.24) is 0 Å². The molecule has 0 aliphatic heterocycles. The summed E-state index contributed by atoms with van der Waals surface area (Å²) in [6.07, 6.45) is 0.0474. The Morgan fingerprint density at radius 2 is 2.23 bits per heavy atom. The van der Waals surface area contributed by atoms with Crippen LogP contribution in [0.15, 0.2) is 18.2 Å². The fourth-order valence-corrected chi connectivity index (χ4v) is 1.72. The second-order valence-electron chi connectivity index (χ2n) is 3.56. The zero-order chi connectivity index (χ0) is 9.64. The first-order valence-corrected chi connectivity index (χ1v) is 4.06. The molecule has 1 aliphatic carbocycles. The van der Waals surface area contributed by atoms with E-state index >= 15 is 0 Å². The van der Waals surface area contributed by atoms with E-state index in [2.05, 4.69) is 0 Å². The van der Waals surface area contributed by atoms with E-state index in [1.54, 1.807) is 6.92 Å². The van der Waals surface area contributed by atoms with Crippen LogP contribution in [0.5, 0.6) is 0 Å². The van der Waals surface area contributed by atoms with Gasteiger partial charge in [0, 0.05) is 12.0 Å². The summed E-state index contributed by atoms with van der Waals surface area (Å²) < 4.78 is 12.8. The summed E-state index contributed by atoms with van der Waals surface area (Å²) in [6, 6.07) is 3.90. The summed E-state index contributed by atoms with van der Waals surface area (Å²) in [5.74, 6) is -0.635. The third-order valence-electron chi connectivity index (χ3n) is 2.37. The average molecular weight is 180 g/mol. The van der Waals surface area contributed by atoms with Crippen LogP contribution in [-0.4, -0.2) is 10.9 Å². The maximum Gasteiger partial charge on any atom is 0.166 e. The number of rotatable bonds is 0. The molecule has 1 N–H and O–H groups in total. The summed E-state index contributed by atoms with van der Waals surface area (Å²) in [5, 5.41) is 9.76. The lowest BCUT2D eigenvalue weighted by molar-refractivity contribution is 0.0534. The second-order valence-corrected chi connectivity index (χ2v) is 3.56. The molecule has 0 heterocycles. The van der Waals surface area contributed by atoms with Gasteiger partial charge in [0.25, 0.3) is 0 Å². The molecule has 0 radical (unpaired) electrons. The van der Waals surface area contributed by atoms with Gasteiger partial charge in [-0.15, -0.1) is 0 Å². The summed E-state index contributed by atoms with van der Waals surface area (Å²) in [7, 11) is 0. The van der Waals surface area contributed by atoms with E-state index in [0.717, 1.165) is 0 Å². The number of benzene rings is 1. The Balaban J connectivity index is 2.66. The van der Waals surface area contributed by atoms with E-state index in [0.29, 0.717) is 11.1 Å². The van der Waals surface area contributed by atoms with Gasteiger partial charge in [0.1, 0.15) is 5.82 Å². The van der Waals surface area contributed by atoms with Crippen molar-refractivity contribution in [3.05, 3.63) is 35.1 Å². The molecule has 1 aromatic rings. The first-order chi connectivity index (χ1) is 6.00. The second kappa shape index (κ2) is 2.39. The summed E-state index contributed by atoms with van der Waals surface area (Å²) in [5.41, 5.74) is -0.288. The molecule has 13 heavy (non-hydrogen) atoms. The molecule has 0 fully saturated rings. The van der Waals surface area contributed by atoms with Crippen LogP contribution < -0.4 is 0 Å². The zero-order valence-electron chi connectivity index (χ0n) is 7.17. The van der Waals surface area contributed by atoms with Crippen LogP contribution in [-0.2, 0) is 5.60 Å². The summed E-state index contributed by atoms with van der Waals surface area (Å²) in [6.45, 7) is 1.56. The highest BCUT2D eigenvalue weighted by molar-refractivity contribution is 6.01. The molecule has 1 unspecified atom stereocenters. The largest absolute Gasteiger partial charge is 0.385 e. The Labute approximate surface area is 75.0 Å². The van der Waals surface area contributed by atoms with Gasteiger partial charge in [-0.2, -0.15) is 0 Å². The fraction of sp³-hybridized carbons (Fsp3) is 0.300. The number of halogens is 1. The number of aliphatic hydroxyl groups is 1. The van der Waals surface area contributed by atoms with Crippen LogP contribution in [0.25, 0.3) is 0 Å². The Kier molecular flexibility index (Phi) is 1.54. The van der Waals surface area contributed by atoms with Crippen molar-refractivity contribution in [2.24, 2.45) is 0 Å². The van der Waals surface area contributed by atoms with Crippen molar-refractivity contribution in [1.29, 1.82) is 0 Å². The lowest BCUT2D eigenvalue weighted by atomic mass is 9.99. The molecular weight excluding hydrogens is 171 g/mol. The number of hydrogen-bond donors (Lipinski definition) is 1. The molecule has 0 bridgehead atoms. The third kappa shape index (κ3) is 1.16. The van der Waals surface area contributed by atoms with Crippen molar-refractivity contribution < 1.29 is 14.3 Å². The molecule has 1 aliphatic rings. The summed E-state index contributed by atoms with van der Waals surface area (Å²) in [4.78, 5) is 11.3. The minimum atomic E-state index is -1.12. The SMILES string of the molecule is CC1(O)CC(=O)c2cc(F)ccc21. The Morgan fingerprint density at radius 3 is 2.92 bits per heavy atom. The molecule has 68 valence electrons. The van der Waals surface area contributed by atoms with Crippen LogP contribution in [0.4, 0.5) is 4.39 Å². The highest BCUT2D eigenvalue weighted by atomic mass is 19.1. The summed E-state index contributed by atoms with van der Waals surface area (Å²) >= 11 is 0. The predicted molar refractivity (Wildman–Crippen MR) is 44.9 cm³/mol. The van der Waals surface area contributed by atoms with Crippen molar-refractivity contribution in [2.75, 3.05) is 0 Å². The minimum Gasteiger partial charge on any atom is -0.385 e. The quantitative estimate of drug-likeness (QED) is 0.658. The van der Waals surface area contributed by atoms with Crippen LogP contribution in [0.1, 0.15) is 29.3 Å². The van der Waals surface area contributed by atoms with Gasteiger partial charge >= 0.3 is 0 Å². The first kappa shape index (κ1) is 8.38. The van der Waals surface area contributed by atoms with Gasteiger partial charge in [0.15, 0.2) is 5.78 Å². The van der Waals surface area contributed by atoms with Gasteiger partial charge in [-0.3, -0.25) is 4.79 Å². The number of carbonyl (C=O) groups is 1. The van der Waals surface area contributed by atoms with Crippen molar-refractivity contribution in [3.8, 4) is 0 Å². The molecule has 3 heteroatoms. The lowest BCUT2D eigenvalue weighted by Gasteiger charge is -2.15. The predicted octanol–water partition coefficient (Wildman–Crippen LogP) is 1.62. The molecule has 1 atom stereocenters. The Hall–Kier alpha value is -1.22. The van der Waals surface area contributed by atoms with Gasteiger partial charge in [0.2, 0.25) is 0 Å². The van der Waals surface area contributed by atoms with E-state index in [-0.39, 0.29) is 12.2 Å². The van der Waals surface area contributed by atoms with E-state index in [1.165, 1.54) is 18.2 Å². The highest BCUT2D eigenvalue weighted by Crippen LogP contribution is 2.36. The molecule has 1 aromatic carbocycles. The molecule has 0 spiro atoms. The third-order valence-corrected chi connectivity index (χ3v) is 2.37. The lowest BCUT2D eigenvalue weighted by Crippen LogP contribution is -2.16. The molecule has 0 amide bonds. The first-order valence-electron chi connectivity index (χ1n) is 4.06. The smallest absolute Gasteiger partial charge is 0.166 e. The standard InChI is InChI=1S/C10H9FO2/c1-10(13)5-9(12)7-4-6(11)2-3-8(7)10/h2-4,13H,5H2,1H3. The highest BCUT2D eigenvalue weighted by Gasteiger charge is 2.37. The van der Waals surface area contributed by atoms with E-state index < -0.39 is 11.4 Å². The number of carbonyl (C=O) groups excluding carboxylic acids is 1. The van der Waals surface area contributed by atoms with Crippen LogP contribution in [0, 0.1) is 5.82 Å². The van der Waals surface area contributed by atoms with Crippen LogP contribution in [0.3, 0.4) is 0 Å². The molecular formula is C10H9FO2. The normalized spacial score (nSPS) is 26.2. The number of hydrogen-bond acceptors (Lipinski definition) is 2. The van der Waals surface area contributed by atoms with Crippen molar-refractivity contribution in [2.45, 2.75) is 18.9 Å². The maximum atomic E-state index is 12.8. The average Bonchev–Trinajstić information content (AvgIpc) is 2.22. The minimum absolute atomic E-state index is 0.0474. The monoisotopic (exact) mass is 180 g/mol. The van der Waals surface area contributed by atoms with Crippen LogP contribution in [0.2, 0.25) is 0 Å². The van der Waals surface area contributed by atoms with Gasteiger partial charge in [-0.25, -0.2) is 4.39 Å². The van der Waals surface area contributed by atoms with E-state index in [4.69, 9.17) is 0 Å². The molecule has 2 nitrogen and oxygen atoms in total. The molecule has 0 saturated heterocycles. The topological polar surface area (TPSA) is 37.3 Å². The molecule has 2 rings (SSSR count). The van der Waals surface area contributed by atoms with Gasteiger partial charge < -0.3 is 5.11 Å². The fourth-order valence-electron chi connectivity index (χ4n) is 1.72. The van der Waals surface area contributed by atoms with E-state index in [1.807, 2.05) is 0 Å². The maximum absolute atomic E-state index is 12.8.